The van der Waals surface area contributed by atoms with E-state index in [-0.39, 0.29) is 17.6 Å². The monoisotopic (exact) mass is 401 g/mol. The second-order valence-corrected chi connectivity index (χ2v) is 8.52. The summed E-state index contributed by atoms with van der Waals surface area (Å²) in [5.41, 5.74) is 4.54. The van der Waals surface area contributed by atoms with Crippen LogP contribution in [-0.2, 0) is 22.4 Å². The molecule has 0 spiro atoms. The second-order valence-electron chi connectivity index (χ2n) is 6.45. The normalized spacial score (nSPS) is 13.0. The minimum Gasteiger partial charge on any atom is -0.465 e. The molecular weight excluding hydrogens is 382 g/mol. The number of anilines is 1. The van der Waals surface area contributed by atoms with Gasteiger partial charge in [-0.3, -0.25) is 4.79 Å². The molecule has 1 amide bonds. The molecule has 0 saturated carbocycles. The number of carbonyl (C=O) groups excluding carboxylic acids is 2. The number of fused-ring (bicyclic) bond motifs is 2. The summed E-state index contributed by atoms with van der Waals surface area (Å²) in [6.45, 7) is 2.03. The van der Waals surface area contributed by atoms with Crippen molar-refractivity contribution in [3.63, 3.8) is 0 Å². The zero-order valence-electron chi connectivity index (χ0n) is 15.0. The second kappa shape index (κ2) is 7.36. The zero-order chi connectivity index (χ0) is 19.0. The standard InChI is InChI=1S/C19H19N3O3S2/c1-10-6-7-12-13(8-10)21-19(20-12)26-9-15(23)22-17-16(18(24)25-2)11-4-3-5-14(11)27-17/h6-8H,3-5,9H2,1-2H3,(H,20,21)(H,22,23). The summed E-state index contributed by atoms with van der Waals surface area (Å²) in [6, 6.07) is 6.00. The van der Waals surface area contributed by atoms with Crippen LogP contribution in [0, 0.1) is 6.92 Å². The lowest BCUT2D eigenvalue weighted by Crippen LogP contribution is -2.16. The van der Waals surface area contributed by atoms with Gasteiger partial charge in [0, 0.05) is 4.88 Å². The van der Waals surface area contributed by atoms with E-state index in [0.717, 1.165) is 41.4 Å². The van der Waals surface area contributed by atoms with Crippen molar-refractivity contribution in [2.45, 2.75) is 31.3 Å². The number of rotatable bonds is 5. The van der Waals surface area contributed by atoms with Crippen molar-refractivity contribution >= 4 is 51.0 Å². The summed E-state index contributed by atoms with van der Waals surface area (Å²) in [7, 11) is 1.37. The number of amides is 1. The third-order valence-electron chi connectivity index (χ3n) is 4.52. The number of carbonyl (C=O) groups is 2. The van der Waals surface area contributed by atoms with Gasteiger partial charge in [0.15, 0.2) is 5.16 Å². The van der Waals surface area contributed by atoms with E-state index in [9.17, 15) is 9.59 Å². The number of ether oxygens (including phenoxy) is 1. The highest BCUT2D eigenvalue weighted by atomic mass is 32.2. The molecule has 8 heteroatoms. The van der Waals surface area contributed by atoms with Crippen LogP contribution in [0.2, 0.25) is 0 Å². The van der Waals surface area contributed by atoms with E-state index in [1.165, 1.54) is 35.1 Å². The minimum atomic E-state index is -0.384. The number of thioether (sulfide) groups is 1. The number of H-pyrrole nitrogens is 1. The van der Waals surface area contributed by atoms with Crippen molar-refractivity contribution in [3.8, 4) is 0 Å². The molecule has 27 heavy (non-hydrogen) atoms. The number of nitrogens with one attached hydrogen (secondary N) is 2. The highest BCUT2D eigenvalue weighted by molar-refractivity contribution is 7.99. The molecule has 2 N–H and O–H groups in total. The third kappa shape index (κ3) is 3.59. The number of imidazole rings is 1. The summed E-state index contributed by atoms with van der Waals surface area (Å²) in [5, 5.41) is 4.18. The molecule has 6 nitrogen and oxygen atoms in total. The van der Waals surface area contributed by atoms with Crippen LogP contribution < -0.4 is 5.32 Å². The number of hydrogen-bond acceptors (Lipinski definition) is 6. The number of hydrogen-bond donors (Lipinski definition) is 2. The van der Waals surface area contributed by atoms with E-state index in [2.05, 4.69) is 15.3 Å². The molecule has 1 aromatic carbocycles. The van der Waals surface area contributed by atoms with Gasteiger partial charge in [0.05, 0.1) is 29.5 Å². The molecule has 140 valence electrons. The quantitative estimate of drug-likeness (QED) is 0.500. The van der Waals surface area contributed by atoms with Crippen LogP contribution >= 0.6 is 23.1 Å². The molecular formula is C19H19N3O3S2. The van der Waals surface area contributed by atoms with Crippen LogP contribution in [0.1, 0.15) is 32.8 Å². The molecule has 0 atom stereocenters. The van der Waals surface area contributed by atoms with E-state index in [4.69, 9.17) is 4.74 Å². The molecule has 2 aromatic heterocycles. The summed E-state index contributed by atoms with van der Waals surface area (Å²) in [5.74, 6) is -0.339. The molecule has 0 saturated heterocycles. The number of methoxy groups -OCH3 is 1. The van der Waals surface area contributed by atoms with Gasteiger partial charge in [0.2, 0.25) is 5.91 Å². The van der Waals surface area contributed by atoms with E-state index >= 15 is 0 Å². The predicted octanol–water partition coefficient (Wildman–Crippen LogP) is 3.94. The number of aromatic amines is 1. The fraction of sp³-hybridized carbons (Fsp3) is 0.316. The number of nitrogens with zero attached hydrogens (tertiary/aromatic N) is 1. The van der Waals surface area contributed by atoms with Crippen molar-refractivity contribution in [2.75, 3.05) is 18.2 Å². The van der Waals surface area contributed by atoms with E-state index in [1.807, 2.05) is 25.1 Å². The summed E-state index contributed by atoms with van der Waals surface area (Å²) >= 11 is 2.82. The van der Waals surface area contributed by atoms with Crippen LogP contribution in [0.3, 0.4) is 0 Å². The third-order valence-corrected chi connectivity index (χ3v) is 6.60. The van der Waals surface area contributed by atoms with Crippen LogP contribution in [0.5, 0.6) is 0 Å². The Morgan fingerprint density at radius 1 is 1.37 bits per heavy atom. The molecule has 0 unspecified atom stereocenters. The van der Waals surface area contributed by atoms with Crippen molar-refractivity contribution in [1.82, 2.24) is 9.97 Å². The smallest absolute Gasteiger partial charge is 0.341 e. The number of thiophene rings is 1. The zero-order valence-corrected chi connectivity index (χ0v) is 16.7. The molecule has 0 radical (unpaired) electrons. The van der Waals surface area contributed by atoms with Crippen molar-refractivity contribution in [1.29, 1.82) is 0 Å². The molecule has 4 rings (SSSR count). The number of esters is 1. The Hall–Kier alpha value is -2.32. The number of benzene rings is 1. The highest BCUT2D eigenvalue weighted by Gasteiger charge is 2.28. The van der Waals surface area contributed by atoms with Gasteiger partial charge >= 0.3 is 5.97 Å². The average molecular weight is 402 g/mol. The molecule has 0 aliphatic heterocycles. The lowest BCUT2D eigenvalue weighted by molar-refractivity contribution is -0.113. The van der Waals surface area contributed by atoms with Crippen LogP contribution in [-0.4, -0.2) is 34.7 Å². The Balaban J connectivity index is 1.45. The summed E-state index contributed by atoms with van der Waals surface area (Å²) in [6.07, 6.45) is 2.85. The van der Waals surface area contributed by atoms with Crippen molar-refractivity contribution < 1.29 is 14.3 Å². The SMILES string of the molecule is COC(=O)c1c(NC(=O)CSc2nc3ccc(C)cc3[nH]2)sc2c1CCC2. The van der Waals surface area contributed by atoms with Gasteiger partial charge in [0.1, 0.15) is 5.00 Å². The Labute approximate surface area is 164 Å². The maximum atomic E-state index is 12.4. The first-order valence-electron chi connectivity index (χ1n) is 8.67. The Morgan fingerprint density at radius 3 is 3.04 bits per heavy atom. The van der Waals surface area contributed by atoms with E-state index < -0.39 is 0 Å². The topological polar surface area (TPSA) is 84.1 Å². The fourth-order valence-corrected chi connectivity index (χ4v) is 5.25. The molecule has 2 heterocycles. The maximum Gasteiger partial charge on any atom is 0.341 e. The number of aryl methyl sites for hydroxylation is 2. The first-order valence-corrected chi connectivity index (χ1v) is 10.5. The fourth-order valence-electron chi connectivity index (χ4n) is 3.28. The molecule has 1 aliphatic rings. The summed E-state index contributed by atoms with van der Waals surface area (Å²) in [4.78, 5) is 33.5. The first kappa shape index (κ1) is 18.1. The summed E-state index contributed by atoms with van der Waals surface area (Å²) < 4.78 is 4.91. The van der Waals surface area contributed by atoms with Crippen molar-refractivity contribution in [2.24, 2.45) is 0 Å². The van der Waals surface area contributed by atoms with Crippen LogP contribution in [0.15, 0.2) is 23.4 Å². The largest absolute Gasteiger partial charge is 0.465 e. The minimum absolute atomic E-state index is 0.165. The Kier molecular flexibility index (Phi) is 4.92. The van der Waals surface area contributed by atoms with Gasteiger partial charge in [0.25, 0.3) is 0 Å². The molecule has 3 aromatic rings. The Morgan fingerprint density at radius 2 is 2.22 bits per heavy atom. The van der Waals surface area contributed by atoms with E-state index in [0.29, 0.717) is 15.7 Å². The van der Waals surface area contributed by atoms with Crippen molar-refractivity contribution in [3.05, 3.63) is 39.8 Å². The van der Waals surface area contributed by atoms with Gasteiger partial charge in [-0.15, -0.1) is 11.3 Å². The average Bonchev–Trinajstić information content (AvgIpc) is 3.32. The van der Waals surface area contributed by atoms with Gasteiger partial charge in [-0.2, -0.15) is 0 Å². The number of aromatic nitrogens is 2. The van der Waals surface area contributed by atoms with Crippen LogP contribution in [0.4, 0.5) is 5.00 Å². The van der Waals surface area contributed by atoms with Gasteiger partial charge in [-0.1, -0.05) is 17.8 Å². The van der Waals surface area contributed by atoms with E-state index in [1.54, 1.807) is 0 Å². The molecule has 1 aliphatic carbocycles. The van der Waals surface area contributed by atoms with Gasteiger partial charge < -0.3 is 15.0 Å². The first-order chi connectivity index (χ1) is 13.0. The maximum absolute atomic E-state index is 12.4. The van der Waals surface area contributed by atoms with Gasteiger partial charge in [-0.25, -0.2) is 9.78 Å². The predicted molar refractivity (Wildman–Crippen MR) is 108 cm³/mol. The lowest BCUT2D eigenvalue weighted by atomic mass is 10.1. The van der Waals surface area contributed by atoms with Crippen LogP contribution in [0.25, 0.3) is 11.0 Å². The Bertz CT molecular complexity index is 1040. The molecule has 0 fully saturated rings. The van der Waals surface area contributed by atoms with Gasteiger partial charge in [-0.05, 0) is 49.4 Å². The molecule has 0 bridgehead atoms. The highest BCUT2D eigenvalue weighted by Crippen LogP contribution is 2.39. The lowest BCUT2D eigenvalue weighted by Gasteiger charge is -2.06.